The lowest BCUT2D eigenvalue weighted by Crippen LogP contribution is -2.39. The lowest BCUT2D eigenvalue weighted by atomic mass is 9.92. The minimum atomic E-state index is -0.330. The van der Waals surface area contributed by atoms with Gasteiger partial charge in [-0.2, -0.15) is 5.10 Å². The van der Waals surface area contributed by atoms with Crippen LogP contribution in [0, 0.1) is 6.92 Å². The minimum Gasteiger partial charge on any atom is -0.296 e. The summed E-state index contributed by atoms with van der Waals surface area (Å²) in [6, 6.07) is 5.97. The van der Waals surface area contributed by atoms with E-state index in [1.165, 1.54) is 0 Å². The summed E-state index contributed by atoms with van der Waals surface area (Å²) in [6.07, 6.45) is 0.908. The van der Waals surface area contributed by atoms with E-state index in [1.54, 1.807) is 0 Å². The van der Waals surface area contributed by atoms with Gasteiger partial charge in [-0.05, 0) is 18.9 Å². The first-order valence-electron chi connectivity index (χ1n) is 7.34. The number of amides is 2. The number of carbonyl (C=O) groups excluding carboxylic acids is 2. The van der Waals surface area contributed by atoms with Crippen molar-refractivity contribution in [1.29, 1.82) is 0 Å². The highest BCUT2D eigenvalue weighted by atomic mass is 16.2. The van der Waals surface area contributed by atoms with E-state index in [1.807, 2.05) is 50.7 Å². The molecule has 1 fully saturated rings. The molecule has 0 saturated carbocycles. The predicted octanol–water partition coefficient (Wildman–Crippen LogP) is 2.43. The Balaban J connectivity index is 0.000000774. The van der Waals surface area contributed by atoms with Crippen LogP contribution in [-0.4, -0.2) is 21.6 Å². The molecule has 1 aromatic carbocycles. The van der Waals surface area contributed by atoms with E-state index in [4.69, 9.17) is 0 Å². The summed E-state index contributed by atoms with van der Waals surface area (Å²) in [5.74, 6) is -0.765. The molecule has 1 unspecified atom stereocenters. The molecule has 2 amide bonds. The maximum absolute atomic E-state index is 12.0. The van der Waals surface area contributed by atoms with Gasteiger partial charge < -0.3 is 0 Å². The fourth-order valence-electron chi connectivity index (χ4n) is 2.77. The number of fused-ring (bicyclic) bond motifs is 1. The molecule has 5 nitrogen and oxygen atoms in total. The summed E-state index contributed by atoms with van der Waals surface area (Å²) in [4.78, 5) is 23.2. The molecule has 21 heavy (non-hydrogen) atoms. The Labute approximate surface area is 124 Å². The van der Waals surface area contributed by atoms with E-state index >= 15 is 0 Å². The fourth-order valence-corrected chi connectivity index (χ4v) is 2.77. The Morgan fingerprint density at radius 3 is 2.67 bits per heavy atom. The van der Waals surface area contributed by atoms with Gasteiger partial charge in [0.1, 0.15) is 0 Å². The number of carbonyl (C=O) groups is 2. The molecular formula is C16H21N3O2. The average Bonchev–Trinajstić information content (AvgIpc) is 2.80. The monoisotopic (exact) mass is 287 g/mol. The topological polar surface area (TPSA) is 64.0 Å². The van der Waals surface area contributed by atoms with Crippen molar-refractivity contribution in [2.45, 2.75) is 39.5 Å². The number of aryl methyl sites for hydroxylation is 2. The van der Waals surface area contributed by atoms with Gasteiger partial charge in [-0.15, -0.1) is 0 Å². The van der Waals surface area contributed by atoms with Gasteiger partial charge in [0.15, 0.2) is 0 Å². The van der Waals surface area contributed by atoms with Gasteiger partial charge in [-0.3, -0.25) is 19.6 Å². The van der Waals surface area contributed by atoms with Crippen molar-refractivity contribution in [2.24, 2.45) is 7.05 Å². The van der Waals surface area contributed by atoms with Gasteiger partial charge in [0.25, 0.3) is 0 Å². The van der Waals surface area contributed by atoms with Gasteiger partial charge in [0, 0.05) is 18.9 Å². The standard InChI is InChI=1S/C14H15N3O2.C2H6/c1-8-4-3-5-9-12(16-17(2)13(8)9)10-6-7-11(18)15-14(10)19;1-2/h3-5,10H,6-7H2,1-2H3,(H,15,18,19);1-2H3. The molecule has 1 N–H and O–H groups in total. The molecule has 0 aliphatic carbocycles. The first kappa shape index (κ1) is 15.2. The van der Waals surface area contributed by atoms with Gasteiger partial charge >= 0.3 is 0 Å². The number of benzene rings is 1. The highest BCUT2D eigenvalue weighted by Gasteiger charge is 2.31. The Hall–Kier alpha value is -2.17. The number of rotatable bonds is 1. The van der Waals surface area contributed by atoms with Crippen LogP contribution in [0.25, 0.3) is 10.9 Å². The molecule has 0 spiro atoms. The number of aromatic nitrogens is 2. The number of nitrogens with one attached hydrogen (secondary N) is 1. The minimum absolute atomic E-state index is 0.197. The smallest absolute Gasteiger partial charge is 0.235 e. The average molecular weight is 287 g/mol. The molecule has 3 rings (SSSR count). The zero-order valence-corrected chi connectivity index (χ0v) is 12.9. The van der Waals surface area contributed by atoms with E-state index in [2.05, 4.69) is 10.4 Å². The largest absolute Gasteiger partial charge is 0.296 e. The van der Waals surface area contributed by atoms with E-state index in [0.717, 1.165) is 22.2 Å². The summed E-state index contributed by atoms with van der Waals surface area (Å²) >= 11 is 0. The highest BCUT2D eigenvalue weighted by molar-refractivity contribution is 6.02. The van der Waals surface area contributed by atoms with Crippen LogP contribution in [0.2, 0.25) is 0 Å². The molecule has 112 valence electrons. The van der Waals surface area contributed by atoms with Gasteiger partial charge in [-0.25, -0.2) is 0 Å². The Kier molecular flexibility index (Phi) is 4.40. The van der Waals surface area contributed by atoms with Crippen LogP contribution >= 0.6 is 0 Å². The normalized spacial score (nSPS) is 18.2. The SMILES string of the molecule is CC.Cc1cccc2c(C3CCC(=O)NC3=O)nn(C)c12. The van der Waals surface area contributed by atoms with Crippen LogP contribution in [0.3, 0.4) is 0 Å². The molecule has 1 saturated heterocycles. The van der Waals surface area contributed by atoms with Crippen molar-refractivity contribution in [3.63, 3.8) is 0 Å². The third kappa shape index (κ3) is 2.68. The summed E-state index contributed by atoms with van der Waals surface area (Å²) in [7, 11) is 1.88. The van der Waals surface area contributed by atoms with Crippen molar-refractivity contribution < 1.29 is 9.59 Å². The Morgan fingerprint density at radius 1 is 1.29 bits per heavy atom. The molecule has 2 aromatic rings. The lowest BCUT2D eigenvalue weighted by Gasteiger charge is -2.19. The molecule has 5 heteroatoms. The van der Waals surface area contributed by atoms with Crippen LogP contribution in [0.5, 0.6) is 0 Å². The third-order valence-electron chi connectivity index (χ3n) is 3.66. The first-order chi connectivity index (χ1) is 10.1. The second-order valence-electron chi connectivity index (χ2n) is 4.98. The van der Waals surface area contributed by atoms with Crippen molar-refractivity contribution in [2.75, 3.05) is 0 Å². The summed E-state index contributed by atoms with van der Waals surface area (Å²) < 4.78 is 1.81. The number of hydrogen-bond acceptors (Lipinski definition) is 3. The van der Waals surface area contributed by atoms with Gasteiger partial charge in [0.2, 0.25) is 11.8 Å². The van der Waals surface area contributed by atoms with Crippen LogP contribution in [0.15, 0.2) is 18.2 Å². The van der Waals surface area contributed by atoms with E-state index in [9.17, 15) is 9.59 Å². The third-order valence-corrected chi connectivity index (χ3v) is 3.66. The van der Waals surface area contributed by atoms with Gasteiger partial charge in [0.05, 0.1) is 17.1 Å². The summed E-state index contributed by atoms with van der Waals surface area (Å²) in [5, 5.41) is 7.88. The number of piperidine rings is 1. The fraction of sp³-hybridized carbons (Fsp3) is 0.438. The molecule has 0 bridgehead atoms. The van der Waals surface area contributed by atoms with Crippen LogP contribution < -0.4 is 5.32 Å². The number of imide groups is 1. The second-order valence-corrected chi connectivity index (χ2v) is 4.98. The molecule has 1 aliphatic heterocycles. The maximum Gasteiger partial charge on any atom is 0.235 e. The van der Waals surface area contributed by atoms with Crippen molar-refractivity contribution in [3.8, 4) is 0 Å². The summed E-state index contributed by atoms with van der Waals surface area (Å²) in [5.41, 5.74) is 2.94. The molecule has 2 heterocycles. The van der Waals surface area contributed by atoms with Crippen molar-refractivity contribution in [1.82, 2.24) is 15.1 Å². The first-order valence-corrected chi connectivity index (χ1v) is 7.34. The number of nitrogens with zero attached hydrogens (tertiary/aromatic N) is 2. The van der Waals surface area contributed by atoms with Crippen LogP contribution in [-0.2, 0) is 16.6 Å². The summed E-state index contributed by atoms with van der Waals surface area (Å²) in [6.45, 7) is 6.03. The Bertz CT molecular complexity index is 688. The molecule has 1 atom stereocenters. The molecule has 0 radical (unpaired) electrons. The van der Waals surface area contributed by atoms with Gasteiger partial charge in [-0.1, -0.05) is 32.0 Å². The Morgan fingerprint density at radius 2 is 2.00 bits per heavy atom. The number of para-hydroxylation sites is 1. The quantitative estimate of drug-likeness (QED) is 0.819. The zero-order chi connectivity index (χ0) is 15.6. The van der Waals surface area contributed by atoms with E-state index in [-0.39, 0.29) is 17.7 Å². The number of hydrogen-bond donors (Lipinski definition) is 1. The zero-order valence-electron chi connectivity index (χ0n) is 12.9. The predicted molar refractivity (Wildman–Crippen MR) is 81.9 cm³/mol. The van der Waals surface area contributed by atoms with E-state index in [0.29, 0.717) is 12.8 Å². The molecular weight excluding hydrogens is 266 g/mol. The lowest BCUT2D eigenvalue weighted by molar-refractivity contribution is -0.134. The maximum atomic E-state index is 12.0. The molecule has 1 aliphatic rings. The molecule has 1 aromatic heterocycles. The van der Waals surface area contributed by atoms with Crippen molar-refractivity contribution >= 4 is 22.7 Å². The van der Waals surface area contributed by atoms with Crippen LogP contribution in [0.1, 0.15) is 43.9 Å². The van der Waals surface area contributed by atoms with E-state index < -0.39 is 0 Å². The van der Waals surface area contributed by atoms with Crippen molar-refractivity contribution in [3.05, 3.63) is 29.5 Å². The second kappa shape index (κ2) is 6.08. The highest BCUT2D eigenvalue weighted by Crippen LogP contribution is 2.31. The van der Waals surface area contributed by atoms with Crippen LogP contribution in [0.4, 0.5) is 0 Å².